The Morgan fingerprint density at radius 2 is 1.91 bits per heavy atom. The van der Waals surface area contributed by atoms with Crippen molar-refractivity contribution >= 4 is 27.6 Å². The molecule has 0 N–H and O–H groups in total. The van der Waals surface area contributed by atoms with Gasteiger partial charge in [0.25, 0.3) is 0 Å². The zero-order valence-corrected chi connectivity index (χ0v) is 13.9. The molecule has 3 aromatic carbocycles. The molecule has 0 fully saturated rings. The zero-order chi connectivity index (χ0) is 15.3. The molecule has 0 aromatic heterocycles. The molecule has 0 bridgehead atoms. The van der Waals surface area contributed by atoms with Crippen molar-refractivity contribution in [1.82, 2.24) is 0 Å². The summed E-state index contributed by atoms with van der Waals surface area (Å²) >= 11 is 0. The predicted octanol–water partition coefficient (Wildman–Crippen LogP) is 5.34. The number of benzene rings is 3. The van der Waals surface area contributed by atoms with E-state index in [9.17, 15) is 0 Å². The number of hydrogen-bond acceptors (Lipinski definition) is 0. The highest BCUT2D eigenvalue weighted by Crippen LogP contribution is 2.33. The average Bonchev–Trinajstić information content (AvgIpc) is 2.52. The summed E-state index contributed by atoms with van der Waals surface area (Å²) in [5.74, 6) is 0.646. The second-order valence-corrected chi connectivity index (χ2v) is 7.03. The molecule has 4 rings (SSSR count). The lowest BCUT2D eigenvalue weighted by atomic mass is 9.83. The van der Waals surface area contributed by atoms with Crippen molar-refractivity contribution in [2.45, 2.75) is 46.5 Å². The monoisotopic (exact) mass is 288 g/mol. The van der Waals surface area contributed by atoms with Crippen LogP contribution < -0.4 is 5.22 Å². The van der Waals surface area contributed by atoms with Gasteiger partial charge in [-0.3, -0.25) is 0 Å². The molecule has 22 heavy (non-hydrogen) atoms. The van der Waals surface area contributed by atoms with Crippen LogP contribution in [0, 0.1) is 12.8 Å². The molecule has 1 aliphatic carbocycles. The molecule has 0 aliphatic heterocycles. The topological polar surface area (TPSA) is 0 Å². The Morgan fingerprint density at radius 3 is 2.73 bits per heavy atom. The van der Waals surface area contributed by atoms with Crippen molar-refractivity contribution in [1.29, 1.82) is 0 Å². The molecule has 1 atom stereocenters. The molecule has 1 aliphatic rings. The fraction of sp³-hybridized carbons (Fsp3) is 0.364. The molecular formula is C22H24. The van der Waals surface area contributed by atoms with Crippen LogP contribution in [0.2, 0.25) is 0 Å². The lowest BCUT2D eigenvalue weighted by Crippen LogP contribution is -2.18. The lowest BCUT2D eigenvalue weighted by molar-refractivity contribution is 0.759. The van der Waals surface area contributed by atoms with E-state index in [1.54, 1.807) is 5.56 Å². The summed E-state index contributed by atoms with van der Waals surface area (Å²) in [6, 6.07) is 11.8. The summed E-state index contributed by atoms with van der Waals surface area (Å²) in [5, 5.41) is 7.42. The Hall–Kier alpha value is -1.82. The van der Waals surface area contributed by atoms with E-state index in [1.807, 2.05) is 0 Å². The van der Waals surface area contributed by atoms with Gasteiger partial charge in [-0.15, -0.1) is 0 Å². The van der Waals surface area contributed by atoms with Crippen LogP contribution in [0.1, 0.15) is 43.4 Å². The second kappa shape index (κ2) is 5.12. The van der Waals surface area contributed by atoms with Crippen LogP contribution in [-0.4, -0.2) is 0 Å². The normalized spacial score (nSPS) is 17.1. The molecule has 1 unspecified atom stereocenters. The Balaban J connectivity index is 2.15. The van der Waals surface area contributed by atoms with E-state index in [2.05, 4.69) is 57.2 Å². The van der Waals surface area contributed by atoms with E-state index in [0.717, 1.165) is 0 Å². The standard InChI is InChI=1S/C22H24/c1-4-5-6-16-7-8-17-9-10-18-11-14(2)12-19-15(3)13-20(16)21(17)22(18)19/h7-10,12-14H,4-6,11H2,1-3H3. The molecular weight excluding hydrogens is 264 g/mol. The maximum absolute atomic E-state index is 2.48. The minimum Gasteiger partial charge on any atom is -0.0732 e. The third-order valence-corrected chi connectivity index (χ3v) is 5.25. The number of rotatable bonds is 3. The first-order chi connectivity index (χ1) is 10.7. The van der Waals surface area contributed by atoms with Crippen LogP contribution in [0.5, 0.6) is 0 Å². The highest BCUT2D eigenvalue weighted by molar-refractivity contribution is 6.13. The summed E-state index contributed by atoms with van der Waals surface area (Å²) in [6.07, 6.45) is 7.40. The van der Waals surface area contributed by atoms with E-state index >= 15 is 0 Å². The molecule has 3 aromatic rings. The van der Waals surface area contributed by atoms with Gasteiger partial charge in [0.05, 0.1) is 0 Å². The van der Waals surface area contributed by atoms with Crippen molar-refractivity contribution in [2.75, 3.05) is 0 Å². The molecule has 0 heteroatoms. The SMILES string of the molecule is CCCCc1ccc2ccc3c4c(c(C)cc1c24)=CC(C)C3. The first-order valence-electron chi connectivity index (χ1n) is 8.67. The van der Waals surface area contributed by atoms with Crippen molar-refractivity contribution < 1.29 is 0 Å². The fourth-order valence-corrected chi connectivity index (χ4v) is 4.16. The van der Waals surface area contributed by atoms with Gasteiger partial charge in [-0.25, -0.2) is 0 Å². The van der Waals surface area contributed by atoms with Crippen molar-refractivity contribution in [2.24, 2.45) is 5.92 Å². The summed E-state index contributed by atoms with van der Waals surface area (Å²) in [5.41, 5.74) is 4.51. The maximum atomic E-state index is 2.48. The van der Waals surface area contributed by atoms with E-state index < -0.39 is 0 Å². The van der Waals surface area contributed by atoms with Gasteiger partial charge in [0.15, 0.2) is 0 Å². The minimum atomic E-state index is 0.646. The first kappa shape index (κ1) is 13.8. The summed E-state index contributed by atoms with van der Waals surface area (Å²) in [4.78, 5) is 0. The first-order valence-corrected chi connectivity index (χ1v) is 8.67. The minimum absolute atomic E-state index is 0.646. The van der Waals surface area contributed by atoms with Crippen molar-refractivity contribution in [3.05, 3.63) is 52.2 Å². The van der Waals surface area contributed by atoms with Gasteiger partial charge in [0, 0.05) is 0 Å². The average molecular weight is 288 g/mol. The van der Waals surface area contributed by atoms with Crippen LogP contribution >= 0.6 is 0 Å². The van der Waals surface area contributed by atoms with Crippen LogP contribution in [0.4, 0.5) is 0 Å². The van der Waals surface area contributed by atoms with Crippen molar-refractivity contribution in [3.63, 3.8) is 0 Å². The number of aryl methyl sites for hydroxylation is 2. The van der Waals surface area contributed by atoms with E-state index in [-0.39, 0.29) is 0 Å². The number of hydrogen-bond donors (Lipinski definition) is 0. The molecule has 0 radical (unpaired) electrons. The molecule has 112 valence electrons. The molecule has 0 amide bonds. The molecule has 0 saturated carbocycles. The lowest BCUT2D eigenvalue weighted by Gasteiger charge is -2.21. The molecule has 0 saturated heterocycles. The Kier molecular flexibility index (Phi) is 3.22. The summed E-state index contributed by atoms with van der Waals surface area (Å²) in [7, 11) is 0. The van der Waals surface area contributed by atoms with E-state index in [1.165, 1.54) is 63.6 Å². The van der Waals surface area contributed by atoms with Gasteiger partial charge in [-0.05, 0) is 75.6 Å². The van der Waals surface area contributed by atoms with Gasteiger partial charge < -0.3 is 0 Å². The number of unbranched alkanes of at least 4 members (excludes halogenated alkanes) is 1. The third-order valence-electron chi connectivity index (χ3n) is 5.25. The highest BCUT2D eigenvalue weighted by atomic mass is 14.2. The summed E-state index contributed by atoms with van der Waals surface area (Å²) < 4.78 is 0. The van der Waals surface area contributed by atoms with E-state index in [0.29, 0.717) is 5.92 Å². The zero-order valence-electron chi connectivity index (χ0n) is 13.9. The maximum Gasteiger partial charge on any atom is -0.00272 e. The quantitative estimate of drug-likeness (QED) is 0.610. The van der Waals surface area contributed by atoms with Crippen LogP contribution in [-0.2, 0) is 12.8 Å². The molecule has 0 nitrogen and oxygen atoms in total. The fourth-order valence-electron chi connectivity index (χ4n) is 4.16. The largest absolute Gasteiger partial charge is 0.0732 e. The van der Waals surface area contributed by atoms with Gasteiger partial charge in [-0.2, -0.15) is 0 Å². The van der Waals surface area contributed by atoms with Crippen LogP contribution in [0.3, 0.4) is 0 Å². The van der Waals surface area contributed by atoms with Gasteiger partial charge in [0.1, 0.15) is 0 Å². The van der Waals surface area contributed by atoms with Gasteiger partial charge in [-0.1, -0.05) is 56.7 Å². The smallest absolute Gasteiger partial charge is 0.00272 e. The Labute approximate surface area is 132 Å². The van der Waals surface area contributed by atoms with Gasteiger partial charge >= 0.3 is 0 Å². The predicted molar refractivity (Wildman–Crippen MR) is 97.4 cm³/mol. The second-order valence-electron chi connectivity index (χ2n) is 7.03. The Bertz CT molecular complexity index is 914. The molecule has 0 heterocycles. The third kappa shape index (κ3) is 1.97. The van der Waals surface area contributed by atoms with Crippen molar-refractivity contribution in [3.8, 4) is 0 Å². The molecule has 0 spiro atoms. The van der Waals surface area contributed by atoms with Gasteiger partial charge in [0.2, 0.25) is 0 Å². The van der Waals surface area contributed by atoms with Crippen LogP contribution in [0.25, 0.3) is 27.6 Å². The highest BCUT2D eigenvalue weighted by Gasteiger charge is 2.17. The Morgan fingerprint density at radius 1 is 1.09 bits per heavy atom. The van der Waals surface area contributed by atoms with E-state index in [4.69, 9.17) is 0 Å². The van der Waals surface area contributed by atoms with Crippen LogP contribution in [0.15, 0.2) is 30.3 Å². The summed E-state index contributed by atoms with van der Waals surface area (Å²) in [6.45, 7) is 6.89.